The number of β-amino-alcohol motifs (C(OH)–C–C–N with tert-alkyl or cyclic N) is 1. The number of fused-ring (bicyclic) bond motifs is 1. The molecule has 1 fully saturated rings. The normalized spacial score (nSPS) is 16.3. The van der Waals surface area contributed by atoms with E-state index in [-0.39, 0.29) is 25.5 Å². The van der Waals surface area contributed by atoms with Gasteiger partial charge in [0.1, 0.15) is 0 Å². The maximum Gasteiger partial charge on any atom is 0.324 e. The molecule has 1 aliphatic rings. The van der Waals surface area contributed by atoms with E-state index in [2.05, 4.69) is 5.32 Å². The molecule has 3 rings (SSSR count). The molecule has 0 unspecified atom stereocenters. The van der Waals surface area contributed by atoms with Gasteiger partial charge in [-0.15, -0.1) is 0 Å². The monoisotopic (exact) mass is 335 g/mol. The predicted octanol–water partition coefficient (Wildman–Crippen LogP) is 1.82. The van der Waals surface area contributed by atoms with Gasteiger partial charge in [0.05, 0.1) is 36.3 Å². The Morgan fingerprint density at radius 2 is 2.04 bits per heavy atom. The number of aliphatic hydroxyl groups excluding tert-OH is 1. The minimum absolute atomic E-state index is 0.0119. The van der Waals surface area contributed by atoms with Crippen molar-refractivity contribution in [2.24, 2.45) is 0 Å². The molecule has 3 amide bonds. The molecule has 7 heteroatoms. The fourth-order valence-corrected chi connectivity index (χ4v) is 3.28. The molecule has 1 atom stereocenters. The number of rotatable bonds is 4. The number of hydrogen-bond acceptors (Lipinski definition) is 3. The van der Waals surface area contributed by atoms with Gasteiger partial charge in [-0.25, -0.2) is 4.79 Å². The van der Waals surface area contributed by atoms with Gasteiger partial charge < -0.3 is 15.0 Å². The summed E-state index contributed by atoms with van der Waals surface area (Å²) in [6.45, 7) is 4.19. The van der Waals surface area contributed by atoms with Crippen molar-refractivity contribution in [2.75, 3.05) is 13.1 Å². The first-order valence-electron chi connectivity index (χ1n) is 7.40. The highest BCUT2D eigenvalue weighted by molar-refractivity contribution is 6.35. The molecule has 2 aromatic rings. The average molecular weight is 336 g/mol. The Morgan fingerprint density at radius 1 is 1.30 bits per heavy atom. The summed E-state index contributed by atoms with van der Waals surface area (Å²) in [4.78, 5) is 24.2. The molecular formula is C16H18ClN3O3. The molecule has 0 saturated carbocycles. The van der Waals surface area contributed by atoms with Crippen molar-refractivity contribution in [3.63, 3.8) is 0 Å². The van der Waals surface area contributed by atoms with Gasteiger partial charge in [0, 0.05) is 11.1 Å². The van der Waals surface area contributed by atoms with Crippen LogP contribution >= 0.6 is 11.6 Å². The lowest BCUT2D eigenvalue weighted by Gasteiger charge is -2.19. The number of nitrogens with zero attached hydrogens (tertiary/aromatic N) is 2. The Hall–Kier alpha value is -2.05. The van der Waals surface area contributed by atoms with E-state index >= 15 is 0 Å². The Labute approximate surface area is 138 Å². The summed E-state index contributed by atoms with van der Waals surface area (Å²) in [5, 5.41) is 14.4. The number of aromatic nitrogens is 1. The van der Waals surface area contributed by atoms with E-state index in [4.69, 9.17) is 11.6 Å². The lowest BCUT2D eigenvalue weighted by atomic mass is 10.2. The number of imide groups is 1. The van der Waals surface area contributed by atoms with Crippen molar-refractivity contribution >= 4 is 34.4 Å². The maximum atomic E-state index is 11.6. The Morgan fingerprint density at radius 3 is 2.70 bits per heavy atom. The van der Waals surface area contributed by atoms with Crippen LogP contribution in [0.25, 0.3) is 10.9 Å². The number of amides is 3. The van der Waals surface area contributed by atoms with E-state index in [0.29, 0.717) is 5.02 Å². The highest BCUT2D eigenvalue weighted by atomic mass is 35.5. The summed E-state index contributed by atoms with van der Waals surface area (Å²) in [6, 6.07) is 5.23. The minimum Gasteiger partial charge on any atom is -0.389 e. The van der Waals surface area contributed by atoms with Crippen LogP contribution in [0.2, 0.25) is 5.02 Å². The lowest BCUT2D eigenvalue weighted by molar-refractivity contribution is -0.126. The van der Waals surface area contributed by atoms with Gasteiger partial charge in [0.2, 0.25) is 5.91 Å². The summed E-state index contributed by atoms with van der Waals surface area (Å²) in [7, 11) is 0. The molecule has 1 saturated heterocycles. The minimum atomic E-state index is -0.868. The molecule has 0 aliphatic carbocycles. The maximum absolute atomic E-state index is 11.6. The van der Waals surface area contributed by atoms with Crippen LogP contribution in [0.5, 0.6) is 0 Å². The van der Waals surface area contributed by atoms with Crippen LogP contribution in [0.15, 0.2) is 18.2 Å². The summed E-state index contributed by atoms with van der Waals surface area (Å²) < 4.78 is 1.94. The molecular weight excluding hydrogens is 318 g/mol. The first kappa shape index (κ1) is 15.8. The van der Waals surface area contributed by atoms with Crippen LogP contribution in [-0.4, -0.2) is 45.7 Å². The van der Waals surface area contributed by atoms with Gasteiger partial charge in [-0.1, -0.05) is 23.7 Å². The third-order valence-corrected chi connectivity index (χ3v) is 4.64. The van der Waals surface area contributed by atoms with Crippen molar-refractivity contribution in [1.29, 1.82) is 0 Å². The number of para-hydroxylation sites is 1. The molecule has 1 aromatic carbocycles. The molecule has 122 valence electrons. The highest BCUT2D eigenvalue weighted by Gasteiger charge is 2.30. The SMILES string of the molecule is Cc1c(C)n(C[C@H](O)CN2C(=O)CNC2=O)c2c(Cl)cccc12. The van der Waals surface area contributed by atoms with E-state index in [1.807, 2.05) is 36.6 Å². The number of carbonyl (C=O) groups is 2. The molecule has 2 N–H and O–H groups in total. The Balaban J connectivity index is 1.88. The smallest absolute Gasteiger partial charge is 0.324 e. The summed E-state index contributed by atoms with van der Waals surface area (Å²) >= 11 is 6.32. The first-order valence-corrected chi connectivity index (χ1v) is 7.78. The van der Waals surface area contributed by atoms with Crippen molar-refractivity contribution in [2.45, 2.75) is 26.5 Å². The van der Waals surface area contributed by atoms with Crippen LogP contribution in [-0.2, 0) is 11.3 Å². The number of halogens is 1. The molecule has 0 radical (unpaired) electrons. The molecule has 0 spiro atoms. The van der Waals surface area contributed by atoms with Crippen LogP contribution in [0.4, 0.5) is 4.79 Å². The highest BCUT2D eigenvalue weighted by Crippen LogP contribution is 2.30. The zero-order chi connectivity index (χ0) is 16.7. The predicted molar refractivity (Wildman–Crippen MR) is 87.5 cm³/mol. The van der Waals surface area contributed by atoms with Gasteiger partial charge in [0.25, 0.3) is 0 Å². The lowest BCUT2D eigenvalue weighted by Crippen LogP contribution is -2.39. The van der Waals surface area contributed by atoms with Crippen LogP contribution in [0.1, 0.15) is 11.3 Å². The van der Waals surface area contributed by atoms with E-state index in [1.165, 1.54) is 0 Å². The van der Waals surface area contributed by atoms with Crippen LogP contribution in [0, 0.1) is 13.8 Å². The number of benzene rings is 1. The van der Waals surface area contributed by atoms with Gasteiger partial charge in [-0.3, -0.25) is 9.69 Å². The first-order chi connectivity index (χ1) is 10.9. The zero-order valence-electron chi connectivity index (χ0n) is 13.0. The van der Waals surface area contributed by atoms with E-state index in [0.717, 1.165) is 27.1 Å². The number of urea groups is 1. The molecule has 23 heavy (non-hydrogen) atoms. The molecule has 6 nitrogen and oxygen atoms in total. The molecule has 1 aromatic heterocycles. The number of aliphatic hydroxyl groups is 1. The van der Waals surface area contributed by atoms with Gasteiger partial charge >= 0.3 is 6.03 Å². The second-order valence-corrected chi connectivity index (χ2v) is 6.18. The third kappa shape index (κ3) is 2.68. The number of nitrogens with one attached hydrogen (secondary N) is 1. The van der Waals surface area contributed by atoms with Crippen LogP contribution < -0.4 is 5.32 Å². The van der Waals surface area contributed by atoms with E-state index in [9.17, 15) is 14.7 Å². The molecule has 2 heterocycles. The third-order valence-electron chi connectivity index (χ3n) is 4.33. The fraction of sp³-hybridized carbons (Fsp3) is 0.375. The summed E-state index contributed by atoms with van der Waals surface area (Å²) in [6.07, 6.45) is -0.868. The zero-order valence-corrected chi connectivity index (χ0v) is 13.7. The number of aryl methyl sites for hydroxylation is 1. The van der Waals surface area contributed by atoms with E-state index < -0.39 is 12.1 Å². The number of hydrogen-bond donors (Lipinski definition) is 2. The molecule has 1 aliphatic heterocycles. The van der Waals surface area contributed by atoms with Gasteiger partial charge in [0.15, 0.2) is 0 Å². The quantitative estimate of drug-likeness (QED) is 0.837. The largest absolute Gasteiger partial charge is 0.389 e. The number of carbonyl (C=O) groups excluding carboxylic acids is 2. The Bertz CT molecular complexity index is 783. The van der Waals surface area contributed by atoms with Crippen molar-refractivity contribution < 1.29 is 14.7 Å². The van der Waals surface area contributed by atoms with Crippen molar-refractivity contribution in [1.82, 2.24) is 14.8 Å². The second-order valence-electron chi connectivity index (χ2n) is 5.77. The second kappa shape index (κ2) is 5.86. The van der Waals surface area contributed by atoms with E-state index in [1.54, 1.807) is 0 Å². The fourth-order valence-electron chi connectivity index (χ4n) is 3.00. The van der Waals surface area contributed by atoms with Crippen LogP contribution in [0.3, 0.4) is 0 Å². The van der Waals surface area contributed by atoms with Gasteiger partial charge in [-0.2, -0.15) is 0 Å². The standard InChI is InChI=1S/C16H18ClN3O3/c1-9-10(2)19(15-12(9)4-3-5-13(15)17)7-11(21)8-20-14(22)6-18-16(20)23/h3-5,11,21H,6-8H2,1-2H3,(H,18,23)/t11-/m0/s1. The summed E-state index contributed by atoms with van der Waals surface area (Å²) in [5.74, 6) is -0.322. The Kier molecular flexibility index (Phi) is 4.04. The molecule has 0 bridgehead atoms. The topological polar surface area (TPSA) is 74.6 Å². The van der Waals surface area contributed by atoms with Crippen molar-refractivity contribution in [3.05, 3.63) is 34.5 Å². The van der Waals surface area contributed by atoms with Gasteiger partial charge in [-0.05, 0) is 25.5 Å². The van der Waals surface area contributed by atoms with Crippen molar-refractivity contribution in [3.8, 4) is 0 Å². The average Bonchev–Trinajstić information content (AvgIpc) is 2.94. The summed E-state index contributed by atoms with van der Waals surface area (Å²) in [5.41, 5.74) is 2.97.